The van der Waals surface area contributed by atoms with Gasteiger partial charge in [0.25, 0.3) is 0 Å². The van der Waals surface area contributed by atoms with E-state index in [9.17, 15) is 13.6 Å². The summed E-state index contributed by atoms with van der Waals surface area (Å²) in [5.41, 5.74) is 1.26. The number of rotatable bonds is 3. The fraction of sp³-hybridized carbons (Fsp3) is 0.188. The first-order valence-corrected chi connectivity index (χ1v) is 7.67. The lowest BCUT2D eigenvalue weighted by Gasteiger charge is -2.24. The van der Waals surface area contributed by atoms with Gasteiger partial charge in [0.1, 0.15) is 11.1 Å². The van der Waals surface area contributed by atoms with Gasteiger partial charge in [-0.25, -0.2) is 8.78 Å². The van der Waals surface area contributed by atoms with Crippen LogP contribution in [-0.2, 0) is 4.79 Å². The Balaban J connectivity index is 1.96. The van der Waals surface area contributed by atoms with Crippen LogP contribution in [0.15, 0.2) is 42.5 Å². The summed E-state index contributed by atoms with van der Waals surface area (Å²) >= 11 is 1.39. The van der Waals surface area contributed by atoms with E-state index in [1.165, 1.54) is 17.8 Å². The molecule has 0 radical (unpaired) electrons. The van der Waals surface area contributed by atoms with Crippen LogP contribution in [0, 0.1) is 11.6 Å². The molecule has 0 spiro atoms. The van der Waals surface area contributed by atoms with Crippen molar-refractivity contribution in [2.45, 2.75) is 5.37 Å². The average Bonchev–Trinajstić information content (AvgIpc) is 2.92. The Morgan fingerprint density at radius 1 is 1.14 bits per heavy atom. The Kier molecular flexibility index (Phi) is 4.02. The van der Waals surface area contributed by atoms with E-state index in [1.807, 2.05) is 0 Å². The molecule has 0 aromatic heterocycles. The second kappa shape index (κ2) is 5.96. The first kappa shape index (κ1) is 14.8. The number of hydrogen-bond donors (Lipinski definition) is 0. The normalized spacial score (nSPS) is 17.9. The summed E-state index contributed by atoms with van der Waals surface area (Å²) in [6.45, 7) is 0. The van der Waals surface area contributed by atoms with Gasteiger partial charge >= 0.3 is 0 Å². The van der Waals surface area contributed by atoms with Gasteiger partial charge in [0.05, 0.1) is 12.9 Å². The summed E-state index contributed by atoms with van der Waals surface area (Å²) in [7, 11) is 1.57. The van der Waals surface area contributed by atoms with Gasteiger partial charge in [-0.1, -0.05) is 6.07 Å². The molecule has 1 atom stereocenters. The quantitative estimate of drug-likeness (QED) is 0.862. The van der Waals surface area contributed by atoms with Crippen LogP contribution >= 0.6 is 11.8 Å². The monoisotopic (exact) mass is 321 g/mol. The molecule has 3 rings (SSSR count). The van der Waals surface area contributed by atoms with Crippen LogP contribution in [0.25, 0.3) is 0 Å². The smallest absolute Gasteiger partial charge is 0.238 e. The van der Waals surface area contributed by atoms with Crippen LogP contribution in [0.4, 0.5) is 14.5 Å². The maximum absolute atomic E-state index is 13.5. The number of carbonyl (C=O) groups is 1. The minimum atomic E-state index is -0.910. The van der Waals surface area contributed by atoms with E-state index < -0.39 is 11.6 Å². The van der Waals surface area contributed by atoms with Crippen LogP contribution in [-0.4, -0.2) is 18.8 Å². The Morgan fingerprint density at radius 3 is 2.50 bits per heavy atom. The molecular weight excluding hydrogens is 308 g/mol. The summed E-state index contributed by atoms with van der Waals surface area (Å²) in [6.07, 6.45) is 0. The molecule has 1 aliphatic rings. The average molecular weight is 321 g/mol. The van der Waals surface area contributed by atoms with Crippen molar-refractivity contribution < 1.29 is 18.3 Å². The molecule has 1 heterocycles. The van der Waals surface area contributed by atoms with Crippen molar-refractivity contribution in [1.82, 2.24) is 0 Å². The lowest BCUT2D eigenvalue weighted by atomic mass is 10.1. The number of nitrogens with zero attached hydrogens (tertiary/aromatic N) is 1. The zero-order valence-corrected chi connectivity index (χ0v) is 12.6. The molecule has 3 nitrogen and oxygen atoms in total. The van der Waals surface area contributed by atoms with Crippen molar-refractivity contribution in [2.75, 3.05) is 17.8 Å². The van der Waals surface area contributed by atoms with Crippen LogP contribution in [0.2, 0.25) is 0 Å². The fourth-order valence-corrected chi connectivity index (χ4v) is 3.53. The Morgan fingerprint density at radius 2 is 1.86 bits per heavy atom. The molecular formula is C16H13F2NO2S. The number of ether oxygens (including phenoxy) is 1. The summed E-state index contributed by atoms with van der Waals surface area (Å²) in [5.74, 6) is -0.881. The number of thioether (sulfide) groups is 1. The molecule has 0 saturated carbocycles. The van der Waals surface area contributed by atoms with Crippen molar-refractivity contribution in [3.05, 3.63) is 59.7 Å². The SMILES string of the molecule is COc1ccc(N2C(=O)CS[C@@H]2c2ccc(F)c(F)c2)cc1. The van der Waals surface area contributed by atoms with Crippen LogP contribution in [0.5, 0.6) is 5.75 Å². The van der Waals surface area contributed by atoms with E-state index in [-0.39, 0.29) is 11.3 Å². The minimum absolute atomic E-state index is 0.0649. The van der Waals surface area contributed by atoms with Gasteiger partial charge in [-0.2, -0.15) is 0 Å². The lowest BCUT2D eigenvalue weighted by Crippen LogP contribution is -2.27. The molecule has 0 N–H and O–H groups in total. The minimum Gasteiger partial charge on any atom is -0.497 e. The third-order valence-electron chi connectivity index (χ3n) is 3.45. The molecule has 0 unspecified atom stereocenters. The molecule has 2 aromatic rings. The van der Waals surface area contributed by atoms with E-state index in [0.29, 0.717) is 22.8 Å². The molecule has 0 aliphatic carbocycles. The summed E-state index contributed by atoms with van der Waals surface area (Å²) in [6, 6.07) is 10.8. The van der Waals surface area contributed by atoms with Gasteiger partial charge < -0.3 is 4.74 Å². The second-order valence-electron chi connectivity index (χ2n) is 4.80. The van der Waals surface area contributed by atoms with Gasteiger partial charge in [0.2, 0.25) is 5.91 Å². The summed E-state index contributed by atoms with van der Waals surface area (Å²) in [4.78, 5) is 13.8. The molecule has 1 saturated heterocycles. The summed E-state index contributed by atoms with van der Waals surface area (Å²) < 4.78 is 31.6. The predicted molar refractivity (Wildman–Crippen MR) is 82.0 cm³/mol. The van der Waals surface area contributed by atoms with Gasteiger partial charge in [0.15, 0.2) is 11.6 Å². The topological polar surface area (TPSA) is 29.5 Å². The van der Waals surface area contributed by atoms with E-state index in [4.69, 9.17) is 4.74 Å². The highest BCUT2D eigenvalue weighted by Crippen LogP contribution is 2.42. The number of hydrogen-bond acceptors (Lipinski definition) is 3. The van der Waals surface area contributed by atoms with Crippen molar-refractivity contribution in [3.63, 3.8) is 0 Å². The van der Waals surface area contributed by atoms with E-state index in [1.54, 1.807) is 36.3 Å². The molecule has 114 valence electrons. The molecule has 1 aliphatic heterocycles. The Bertz CT molecular complexity index is 706. The van der Waals surface area contributed by atoms with E-state index >= 15 is 0 Å². The zero-order chi connectivity index (χ0) is 15.7. The third-order valence-corrected chi connectivity index (χ3v) is 4.66. The standard InChI is InChI=1S/C16H13F2NO2S/c1-21-12-5-3-11(4-6-12)19-15(20)9-22-16(19)10-2-7-13(17)14(18)8-10/h2-8,16H,9H2,1H3/t16-/m1/s1. The maximum atomic E-state index is 13.5. The lowest BCUT2D eigenvalue weighted by molar-refractivity contribution is -0.115. The zero-order valence-electron chi connectivity index (χ0n) is 11.8. The van der Waals surface area contributed by atoms with Crippen LogP contribution in [0.1, 0.15) is 10.9 Å². The van der Waals surface area contributed by atoms with Crippen molar-refractivity contribution >= 4 is 23.4 Å². The largest absolute Gasteiger partial charge is 0.497 e. The third kappa shape index (κ3) is 2.66. The number of amides is 1. The summed E-state index contributed by atoms with van der Waals surface area (Å²) in [5, 5.41) is -0.365. The molecule has 1 amide bonds. The van der Waals surface area contributed by atoms with Gasteiger partial charge in [-0.05, 0) is 42.0 Å². The molecule has 22 heavy (non-hydrogen) atoms. The number of anilines is 1. The highest BCUT2D eigenvalue weighted by Gasteiger charge is 2.34. The maximum Gasteiger partial charge on any atom is 0.238 e. The predicted octanol–water partition coefficient (Wildman–Crippen LogP) is 3.75. The molecule has 1 fully saturated rings. The Labute approximate surface area is 130 Å². The van der Waals surface area contributed by atoms with E-state index in [0.717, 1.165) is 12.1 Å². The number of methoxy groups -OCH3 is 1. The highest BCUT2D eigenvalue weighted by molar-refractivity contribution is 8.00. The van der Waals surface area contributed by atoms with Crippen molar-refractivity contribution in [1.29, 1.82) is 0 Å². The number of halogens is 2. The first-order chi connectivity index (χ1) is 10.6. The van der Waals surface area contributed by atoms with E-state index in [2.05, 4.69) is 0 Å². The molecule has 0 bridgehead atoms. The van der Waals surface area contributed by atoms with Gasteiger partial charge in [-0.15, -0.1) is 11.8 Å². The van der Waals surface area contributed by atoms with Crippen LogP contribution in [0.3, 0.4) is 0 Å². The van der Waals surface area contributed by atoms with Crippen molar-refractivity contribution in [3.8, 4) is 5.75 Å². The second-order valence-corrected chi connectivity index (χ2v) is 5.87. The molecule has 6 heteroatoms. The number of carbonyl (C=O) groups excluding carboxylic acids is 1. The molecule has 2 aromatic carbocycles. The highest BCUT2D eigenvalue weighted by atomic mass is 32.2. The fourth-order valence-electron chi connectivity index (χ4n) is 2.36. The van der Waals surface area contributed by atoms with Crippen molar-refractivity contribution in [2.24, 2.45) is 0 Å². The van der Waals surface area contributed by atoms with Gasteiger partial charge in [-0.3, -0.25) is 9.69 Å². The number of benzene rings is 2. The Hall–Kier alpha value is -2.08. The first-order valence-electron chi connectivity index (χ1n) is 6.63. The van der Waals surface area contributed by atoms with Gasteiger partial charge in [0, 0.05) is 5.69 Å². The van der Waals surface area contributed by atoms with Crippen LogP contribution < -0.4 is 9.64 Å².